The monoisotopic (exact) mass is 675 g/mol. The molecule has 0 unspecified atom stereocenters. The molecule has 1 atom stereocenters. The van der Waals surface area contributed by atoms with Gasteiger partial charge in [-0.3, -0.25) is 9.59 Å². The minimum atomic E-state index is -0.777. The maximum Gasteiger partial charge on any atom is 0.306 e. The molecule has 0 aliphatic heterocycles. The Balaban J connectivity index is 3.55. The molecule has 0 saturated heterocycles. The molecule has 48 heavy (non-hydrogen) atoms. The van der Waals surface area contributed by atoms with Gasteiger partial charge in [-0.1, -0.05) is 159 Å². The van der Waals surface area contributed by atoms with Crippen molar-refractivity contribution in [2.75, 3.05) is 13.2 Å². The number of allylic oxidation sites excluding steroid dienone is 6. The van der Waals surface area contributed by atoms with Crippen molar-refractivity contribution in [3.05, 3.63) is 36.5 Å². The molecule has 0 saturated carbocycles. The molecule has 0 aromatic carbocycles. The molecule has 0 aromatic rings. The van der Waals surface area contributed by atoms with Crippen LogP contribution >= 0.6 is 0 Å². The minimum Gasteiger partial charge on any atom is -0.462 e. The second-order valence-electron chi connectivity index (χ2n) is 13.7. The highest BCUT2D eigenvalue weighted by atomic mass is 16.6. The minimum absolute atomic E-state index is 0.0713. The Kier molecular flexibility index (Phi) is 38.0. The van der Waals surface area contributed by atoms with E-state index in [1.165, 1.54) is 128 Å². The van der Waals surface area contributed by atoms with Crippen LogP contribution in [0.25, 0.3) is 0 Å². The summed E-state index contributed by atoms with van der Waals surface area (Å²) < 4.78 is 10.6. The predicted molar refractivity (Wildman–Crippen MR) is 205 cm³/mol. The fourth-order valence-corrected chi connectivity index (χ4v) is 5.75. The van der Waals surface area contributed by atoms with Gasteiger partial charge in [0.1, 0.15) is 6.61 Å². The van der Waals surface area contributed by atoms with E-state index in [2.05, 4.69) is 50.3 Å². The lowest BCUT2D eigenvalue weighted by Gasteiger charge is -2.15. The van der Waals surface area contributed by atoms with Gasteiger partial charge in [-0.05, 0) is 70.6 Å². The van der Waals surface area contributed by atoms with Crippen molar-refractivity contribution in [3.63, 3.8) is 0 Å². The molecular formula is C43H78O5. The first kappa shape index (κ1) is 46.1. The van der Waals surface area contributed by atoms with E-state index in [0.717, 1.165) is 51.4 Å². The van der Waals surface area contributed by atoms with Gasteiger partial charge >= 0.3 is 11.9 Å². The maximum absolute atomic E-state index is 12.2. The second-order valence-corrected chi connectivity index (χ2v) is 13.7. The zero-order valence-corrected chi connectivity index (χ0v) is 31.7. The Morgan fingerprint density at radius 2 is 0.833 bits per heavy atom. The SMILES string of the molecule is CCCCC/C=C\C/C=C\CCCCCCCC(=O)O[C@@H](CO)COC(=O)CCCCCCCCCCC/C=C\CCCCCCCC. The van der Waals surface area contributed by atoms with Crippen LogP contribution in [0.2, 0.25) is 0 Å². The topological polar surface area (TPSA) is 72.8 Å². The van der Waals surface area contributed by atoms with Crippen LogP contribution in [0.1, 0.15) is 206 Å². The molecule has 5 nitrogen and oxygen atoms in total. The van der Waals surface area contributed by atoms with Gasteiger partial charge in [0, 0.05) is 12.8 Å². The summed E-state index contributed by atoms with van der Waals surface area (Å²) in [5.41, 5.74) is 0. The molecule has 0 fully saturated rings. The molecule has 280 valence electrons. The van der Waals surface area contributed by atoms with E-state index in [1.54, 1.807) is 0 Å². The first-order valence-corrected chi connectivity index (χ1v) is 20.5. The van der Waals surface area contributed by atoms with Gasteiger partial charge in [0.15, 0.2) is 6.10 Å². The number of esters is 2. The molecule has 0 bridgehead atoms. The van der Waals surface area contributed by atoms with Crippen LogP contribution in [0.15, 0.2) is 36.5 Å². The highest BCUT2D eigenvalue weighted by Gasteiger charge is 2.16. The van der Waals surface area contributed by atoms with Gasteiger partial charge in [-0.25, -0.2) is 0 Å². The fraction of sp³-hybridized carbons (Fsp3) is 0.814. The summed E-state index contributed by atoms with van der Waals surface area (Å²) in [6.07, 6.45) is 47.7. The van der Waals surface area contributed by atoms with Crippen LogP contribution in [-0.4, -0.2) is 36.4 Å². The van der Waals surface area contributed by atoms with E-state index in [4.69, 9.17) is 9.47 Å². The zero-order valence-electron chi connectivity index (χ0n) is 31.7. The Hall–Kier alpha value is -1.88. The lowest BCUT2D eigenvalue weighted by molar-refractivity contribution is -0.161. The molecule has 0 amide bonds. The number of unbranched alkanes of at least 4 members (excludes halogenated alkanes) is 23. The second kappa shape index (κ2) is 39.6. The largest absolute Gasteiger partial charge is 0.462 e. The highest BCUT2D eigenvalue weighted by molar-refractivity contribution is 5.70. The number of ether oxygens (including phenoxy) is 2. The first-order valence-electron chi connectivity index (χ1n) is 20.5. The Labute approximate surface area is 297 Å². The smallest absolute Gasteiger partial charge is 0.306 e. The average molecular weight is 675 g/mol. The summed E-state index contributed by atoms with van der Waals surface area (Å²) in [6, 6.07) is 0. The Morgan fingerprint density at radius 3 is 1.29 bits per heavy atom. The normalized spacial score (nSPS) is 12.5. The van der Waals surface area contributed by atoms with E-state index >= 15 is 0 Å². The number of carbonyl (C=O) groups is 2. The van der Waals surface area contributed by atoms with E-state index < -0.39 is 6.10 Å². The number of hydrogen-bond donors (Lipinski definition) is 1. The van der Waals surface area contributed by atoms with Crippen LogP contribution in [0.4, 0.5) is 0 Å². The van der Waals surface area contributed by atoms with Gasteiger partial charge in [0.05, 0.1) is 6.61 Å². The third-order valence-electron chi connectivity index (χ3n) is 8.91. The Bertz CT molecular complexity index is 771. The lowest BCUT2D eigenvalue weighted by atomic mass is 10.1. The molecule has 0 aliphatic rings. The summed E-state index contributed by atoms with van der Waals surface area (Å²) in [7, 11) is 0. The van der Waals surface area contributed by atoms with Crippen molar-refractivity contribution in [1.29, 1.82) is 0 Å². The van der Waals surface area contributed by atoms with Gasteiger partial charge in [-0.15, -0.1) is 0 Å². The Morgan fingerprint density at radius 1 is 0.479 bits per heavy atom. The van der Waals surface area contributed by atoms with Crippen molar-refractivity contribution in [2.45, 2.75) is 213 Å². The van der Waals surface area contributed by atoms with E-state index in [-0.39, 0.29) is 25.2 Å². The predicted octanol–water partition coefficient (Wildman–Crippen LogP) is 12.8. The van der Waals surface area contributed by atoms with E-state index in [1.807, 2.05) is 0 Å². The van der Waals surface area contributed by atoms with Crippen LogP contribution in [0, 0.1) is 0 Å². The maximum atomic E-state index is 12.2. The quantitative estimate of drug-likeness (QED) is 0.0403. The number of hydrogen-bond acceptors (Lipinski definition) is 5. The van der Waals surface area contributed by atoms with Gasteiger partial charge in [0.2, 0.25) is 0 Å². The van der Waals surface area contributed by atoms with Crippen molar-refractivity contribution < 1.29 is 24.2 Å². The van der Waals surface area contributed by atoms with Crippen molar-refractivity contribution >= 4 is 11.9 Å². The molecule has 0 aromatic heterocycles. The van der Waals surface area contributed by atoms with Crippen LogP contribution in [0.3, 0.4) is 0 Å². The standard InChI is InChI=1S/C43H78O5/c1-3-5-7-9-11-13-15-17-19-20-21-22-24-25-27-29-31-33-35-37-42(45)47-40-41(39-44)48-43(46)38-36-34-32-30-28-26-23-18-16-14-12-10-8-6-4-2/h12,14,17-19,23,41,44H,3-11,13,15-16,20-22,24-40H2,1-2H3/b14-12-,19-17-,23-18-/t41-/m0/s1. The van der Waals surface area contributed by atoms with E-state index in [0.29, 0.717) is 12.8 Å². The van der Waals surface area contributed by atoms with E-state index in [9.17, 15) is 14.7 Å². The number of carbonyl (C=O) groups excluding carboxylic acids is 2. The first-order chi connectivity index (χ1) is 23.6. The molecule has 1 N–H and O–H groups in total. The summed E-state index contributed by atoms with van der Waals surface area (Å²) in [5, 5.41) is 9.56. The molecule has 0 spiro atoms. The average Bonchev–Trinajstić information content (AvgIpc) is 3.09. The lowest BCUT2D eigenvalue weighted by Crippen LogP contribution is -2.28. The van der Waals surface area contributed by atoms with Crippen LogP contribution < -0.4 is 0 Å². The number of rotatable bonds is 37. The van der Waals surface area contributed by atoms with Crippen molar-refractivity contribution in [1.82, 2.24) is 0 Å². The molecule has 0 rings (SSSR count). The van der Waals surface area contributed by atoms with Gasteiger partial charge in [-0.2, -0.15) is 0 Å². The summed E-state index contributed by atoms with van der Waals surface area (Å²) in [4.78, 5) is 24.3. The van der Waals surface area contributed by atoms with Gasteiger partial charge in [0.25, 0.3) is 0 Å². The van der Waals surface area contributed by atoms with Gasteiger partial charge < -0.3 is 14.6 Å². The third-order valence-corrected chi connectivity index (χ3v) is 8.91. The summed E-state index contributed by atoms with van der Waals surface area (Å²) in [5.74, 6) is -0.606. The zero-order chi connectivity index (χ0) is 35.0. The third kappa shape index (κ3) is 36.9. The fourth-order valence-electron chi connectivity index (χ4n) is 5.75. The number of aliphatic hydroxyl groups excluding tert-OH is 1. The summed E-state index contributed by atoms with van der Waals surface area (Å²) >= 11 is 0. The molecular weight excluding hydrogens is 596 g/mol. The van der Waals surface area contributed by atoms with Crippen LogP contribution in [-0.2, 0) is 19.1 Å². The number of aliphatic hydroxyl groups is 1. The molecule has 0 aliphatic carbocycles. The molecule has 0 heterocycles. The van der Waals surface area contributed by atoms with Crippen molar-refractivity contribution in [2.24, 2.45) is 0 Å². The molecule has 0 radical (unpaired) electrons. The van der Waals surface area contributed by atoms with Crippen molar-refractivity contribution in [3.8, 4) is 0 Å². The summed E-state index contributed by atoms with van der Waals surface area (Å²) in [6.45, 7) is 4.10. The highest BCUT2D eigenvalue weighted by Crippen LogP contribution is 2.13. The molecule has 5 heteroatoms. The van der Waals surface area contributed by atoms with Crippen LogP contribution in [0.5, 0.6) is 0 Å².